The highest BCUT2D eigenvalue weighted by atomic mass is 19.3. The summed E-state index contributed by atoms with van der Waals surface area (Å²) in [4.78, 5) is 14.2. The largest absolute Gasteiger partial charge is 0.481 e. The Morgan fingerprint density at radius 3 is 2.75 bits per heavy atom. The Kier molecular flexibility index (Phi) is 3.51. The van der Waals surface area contributed by atoms with Gasteiger partial charge in [-0.3, -0.25) is 9.78 Å². The van der Waals surface area contributed by atoms with Gasteiger partial charge in [0.2, 0.25) is 0 Å². The summed E-state index contributed by atoms with van der Waals surface area (Å²) in [6.45, 7) is 1.48. The van der Waals surface area contributed by atoms with Gasteiger partial charge in [-0.1, -0.05) is 0 Å². The molecule has 0 aliphatic rings. The number of halogens is 2. The predicted octanol–water partition coefficient (Wildman–Crippen LogP) is 1.83. The van der Waals surface area contributed by atoms with E-state index >= 15 is 0 Å². The molecule has 0 fully saturated rings. The SMILES string of the molecule is Cc1ncc(C(F)F)c(C#N)c1CC(=O)O. The maximum absolute atomic E-state index is 12.5. The lowest BCUT2D eigenvalue weighted by atomic mass is 10.00. The smallest absolute Gasteiger partial charge is 0.307 e. The van der Waals surface area contributed by atoms with Gasteiger partial charge in [0.05, 0.1) is 17.5 Å². The third-order valence-electron chi connectivity index (χ3n) is 2.10. The molecule has 0 aromatic carbocycles. The fraction of sp³-hybridized carbons (Fsp3) is 0.300. The zero-order valence-corrected chi connectivity index (χ0v) is 8.37. The lowest BCUT2D eigenvalue weighted by molar-refractivity contribution is -0.136. The van der Waals surface area contributed by atoms with Crippen molar-refractivity contribution in [3.05, 3.63) is 28.6 Å². The summed E-state index contributed by atoms with van der Waals surface area (Å²) in [6, 6.07) is 1.61. The van der Waals surface area contributed by atoms with Crippen LogP contribution in [0.4, 0.5) is 8.78 Å². The summed E-state index contributed by atoms with van der Waals surface area (Å²) in [5, 5.41) is 17.4. The molecule has 0 amide bonds. The Morgan fingerprint density at radius 2 is 2.31 bits per heavy atom. The number of nitrogens with zero attached hydrogens (tertiary/aromatic N) is 2. The maximum Gasteiger partial charge on any atom is 0.307 e. The van der Waals surface area contributed by atoms with Crippen molar-refractivity contribution in [3.63, 3.8) is 0 Å². The molecule has 0 radical (unpaired) electrons. The van der Waals surface area contributed by atoms with Gasteiger partial charge in [0, 0.05) is 17.5 Å². The molecule has 0 bridgehead atoms. The van der Waals surface area contributed by atoms with Crippen LogP contribution >= 0.6 is 0 Å². The van der Waals surface area contributed by atoms with Crippen LogP contribution in [0.3, 0.4) is 0 Å². The molecule has 6 heteroatoms. The van der Waals surface area contributed by atoms with Crippen LogP contribution in [0, 0.1) is 18.3 Å². The zero-order valence-electron chi connectivity index (χ0n) is 8.37. The number of aliphatic carboxylic acids is 1. The van der Waals surface area contributed by atoms with E-state index in [-0.39, 0.29) is 16.8 Å². The number of carboxylic acid groups (broad SMARTS) is 1. The standard InChI is InChI=1S/C10H8F2N2O2/c1-5-6(2-9(15)16)7(3-13)8(4-14-5)10(11)12/h4,10H,2H2,1H3,(H,15,16). The molecule has 16 heavy (non-hydrogen) atoms. The first-order chi connectivity index (χ1) is 7.47. The van der Waals surface area contributed by atoms with Gasteiger partial charge in [0.15, 0.2) is 0 Å². The van der Waals surface area contributed by atoms with E-state index in [9.17, 15) is 13.6 Å². The second-order valence-corrected chi connectivity index (χ2v) is 3.14. The van der Waals surface area contributed by atoms with Crippen molar-refractivity contribution in [1.82, 2.24) is 4.98 Å². The maximum atomic E-state index is 12.5. The summed E-state index contributed by atoms with van der Waals surface area (Å²) in [7, 11) is 0. The van der Waals surface area contributed by atoms with Crippen molar-refractivity contribution in [2.24, 2.45) is 0 Å². The number of aromatic nitrogens is 1. The average Bonchev–Trinajstić information content (AvgIpc) is 2.19. The number of nitriles is 1. The highest BCUT2D eigenvalue weighted by Crippen LogP contribution is 2.25. The number of hydrogen-bond acceptors (Lipinski definition) is 3. The molecule has 1 aromatic rings. The molecule has 1 aromatic heterocycles. The summed E-state index contributed by atoms with van der Waals surface area (Å²) in [6.07, 6.45) is -2.41. The van der Waals surface area contributed by atoms with Gasteiger partial charge < -0.3 is 5.11 Å². The van der Waals surface area contributed by atoms with E-state index in [2.05, 4.69) is 4.98 Å². The van der Waals surface area contributed by atoms with Crippen molar-refractivity contribution < 1.29 is 18.7 Å². The lowest BCUT2D eigenvalue weighted by Crippen LogP contribution is -2.08. The van der Waals surface area contributed by atoms with E-state index in [1.807, 2.05) is 0 Å². The molecule has 0 aliphatic carbocycles. The number of pyridine rings is 1. The Labute approximate surface area is 90.2 Å². The molecule has 0 saturated carbocycles. The van der Waals surface area contributed by atoms with E-state index < -0.39 is 24.4 Å². The molecule has 84 valence electrons. The van der Waals surface area contributed by atoms with Gasteiger partial charge in [0.1, 0.15) is 6.07 Å². The van der Waals surface area contributed by atoms with E-state index in [0.29, 0.717) is 0 Å². The van der Waals surface area contributed by atoms with Gasteiger partial charge in [-0.15, -0.1) is 0 Å². The van der Waals surface area contributed by atoms with Gasteiger partial charge in [-0.05, 0) is 6.92 Å². The van der Waals surface area contributed by atoms with Gasteiger partial charge in [-0.25, -0.2) is 8.78 Å². The van der Waals surface area contributed by atoms with Crippen LogP contribution in [-0.4, -0.2) is 16.1 Å². The molecule has 1 rings (SSSR count). The van der Waals surface area contributed by atoms with Crippen molar-refractivity contribution >= 4 is 5.97 Å². The minimum Gasteiger partial charge on any atom is -0.481 e. The Bertz CT molecular complexity index is 467. The molecule has 1 N–H and O–H groups in total. The minimum atomic E-state index is -2.84. The van der Waals surface area contributed by atoms with Crippen LogP contribution in [0.5, 0.6) is 0 Å². The summed E-state index contributed by atoms with van der Waals surface area (Å²) in [5.41, 5.74) is -0.481. The molecule has 0 atom stereocenters. The first-order valence-electron chi connectivity index (χ1n) is 4.35. The highest BCUT2D eigenvalue weighted by Gasteiger charge is 2.20. The second-order valence-electron chi connectivity index (χ2n) is 3.14. The summed E-state index contributed by atoms with van der Waals surface area (Å²) < 4.78 is 25.1. The Hall–Kier alpha value is -2.03. The number of alkyl halides is 2. The number of carboxylic acids is 1. The molecule has 4 nitrogen and oxygen atoms in total. The van der Waals surface area contributed by atoms with Crippen LogP contribution in [0.15, 0.2) is 6.20 Å². The van der Waals surface area contributed by atoms with Gasteiger partial charge in [0.25, 0.3) is 6.43 Å². The molecule has 0 aliphatic heterocycles. The first-order valence-corrected chi connectivity index (χ1v) is 4.35. The Morgan fingerprint density at radius 1 is 1.69 bits per heavy atom. The summed E-state index contributed by atoms with van der Waals surface area (Å²) in [5.74, 6) is -1.19. The van der Waals surface area contributed by atoms with Crippen molar-refractivity contribution in [1.29, 1.82) is 5.26 Å². The Balaban J connectivity index is 3.39. The van der Waals surface area contributed by atoms with Crippen molar-refractivity contribution in [3.8, 4) is 6.07 Å². The monoisotopic (exact) mass is 226 g/mol. The number of carbonyl (C=O) groups is 1. The van der Waals surface area contributed by atoms with Gasteiger partial charge in [-0.2, -0.15) is 5.26 Å². The molecule has 0 saturated heterocycles. The molecule has 1 heterocycles. The molecule has 0 unspecified atom stereocenters. The molecular weight excluding hydrogens is 218 g/mol. The fourth-order valence-corrected chi connectivity index (χ4v) is 1.33. The van der Waals surface area contributed by atoms with Crippen molar-refractivity contribution in [2.75, 3.05) is 0 Å². The predicted molar refractivity (Wildman–Crippen MR) is 50.0 cm³/mol. The fourth-order valence-electron chi connectivity index (χ4n) is 1.33. The third-order valence-corrected chi connectivity index (χ3v) is 2.10. The minimum absolute atomic E-state index is 0.0489. The van der Waals surface area contributed by atoms with Crippen LogP contribution in [-0.2, 0) is 11.2 Å². The van der Waals surface area contributed by atoms with Crippen molar-refractivity contribution in [2.45, 2.75) is 19.8 Å². The average molecular weight is 226 g/mol. The van der Waals surface area contributed by atoms with E-state index in [4.69, 9.17) is 10.4 Å². The lowest BCUT2D eigenvalue weighted by Gasteiger charge is -2.09. The van der Waals surface area contributed by atoms with Crippen LogP contribution < -0.4 is 0 Å². The van der Waals surface area contributed by atoms with E-state index in [1.165, 1.54) is 6.92 Å². The van der Waals surface area contributed by atoms with Crippen LogP contribution in [0.2, 0.25) is 0 Å². The second kappa shape index (κ2) is 4.66. The highest BCUT2D eigenvalue weighted by molar-refractivity contribution is 5.72. The third kappa shape index (κ3) is 2.31. The molecular formula is C10H8F2N2O2. The van der Waals surface area contributed by atoms with E-state index in [0.717, 1.165) is 6.20 Å². The molecule has 0 spiro atoms. The number of aryl methyl sites for hydroxylation is 1. The zero-order chi connectivity index (χ0) is 12.3. The number of hydrogen-bond donors (Lipinski definition) is 1. The summed E-state index contributed by atoms with van der Waals surface area (Å²) >= 11 is 0. The topological polar surface area (TPSA) is 74.0 Å². The van der Waals surface area contributed by atoms with E-state index in [1.54, 1.807) is 6.07 Å². The number of rotatable bonds is 3. The quantitative estimate of drug-likeness (QED) is 0.853. The van der Waals surface area contributed by atoms with Gasteiger partial charge >= 0.3 is 5.97 Å². The van der Waals surface area contributed by atoms with Crippen LogP contribution in [0.1, 0.15) is 28.8 Å². The normalized spacial score (nSPS) is 10.2. The first kappa shape index (κ1) is 12.0. The van der Waals surface area contributed by atoms with Crippen LogP contribution in [0.25, 0.3) is 0 Å².